The Morgan fingerprint density at radius 2 is 2.15 bits per heavy atom. The van der Waals surface area contributed by atoms with Gasteiger partial charge in [-0.3, -0.25) is 9.89 Å². The summed E-state index contributed by atoms with van der Waals surface area (Å²) in [6.45, 7) is 2.59. The Kier molecular flexibility index (Phi) is 3.51. The van der Waals surface area contributed by atoms with Gasteiger partial charge in [-0.15, -0.1) is 5.10 Å². The van der Waals surface area contributed by atoms with Crippen LogP contribution in [0.2, 0.25) is 0 Å². The lowest BCUT2D eigenvalue weighted by molar-refractivity contribution is 0.411. The summed E-state index contributed by atoms with van der Waals surface area (Å²) in [6, 6.07) is 4.97. The van der Waals surface area contributed by atoms with E-state index in [-0.39, 0.29) is 5.56 Å². The maximum absolute atomic E-state index is 11.3. The minimum atomic E-state index is -0.149. The Labute approximate surface area is 116 Å². The van der Waals surface area contributed by atoms with Gasteiger partial charge in [0.05, 0.1) is 5.69 Å². The number of anilines is 1. The predicted octanol–water partition coefficient (Wildman–Crippen LogP) is 0.335. The van der Waals surface area contributed by atoms with Gasteiger partial charge in [0.15, 0.2) is 5.82 Å². The molecule has 0 amide bonds. The summed E-state index contributed by atoms with van der Waals surface area (Å²) < 4.78 is 0. The van der Waals surface area contributed by atoms with Crippen molar-refractivity contribution >= 4 is 5.95 Å². The van der Waals surface area contributed by atoms with E-state index in [0.29, 0.717) is 23.4 Å². The van der Waals surface area contributed by atoms with Gasteiger partial charge in [0.25, 0.3) is 0 Å². The molecule has 1 fully saturated rings. The molecule has 2 aromatic heterocycles. The van der Waals surface area contributed by atoms with Crippen molar-refractivity contribution in [2.45, 2.75) is 12.8 Å². The average molecular weight is 274 g/mol. The van der Waals surface area contributed by atoms with Gasteiger partial charge in [-0.2, -0.15) is 4.98 Å². The first kappa shape index (κ1) is 12.9. The van der Waals surface area contributed by atoms with E-state index in [9.17, 15) is 4.79 Å². The van der Waals surface area contributed by atoms with Crippen molar-refractivity contribution in [3.8, 4) is 11.5 Å². The van der Waals surface area contributed by atoms with Gasteiger partial charge in [0.2, 0.25) is 11.5 Å². The van der Waals surface area contributed by atoms with Crippen molar-refractivity contribution in [3.63, 3.8) is 0 Å². The van der Waals surface area contributed by atoms with Crippen LogP contribution in [0.1, 0.15) is 12.8 Å². The van der Waals surface area contributed by atoms with E-state index in [4.69, 9.17) is 5.73 Å². The number of nitrogens with zero attached hydrogens (tertiary/aromatic N) is 3. The van der Waals surface area contributed by atoms with E-state index in [0.717, 1.165) is 32.5 Å². The summed E-state index contributed by atoms with van der Waals surface area (Å²) in [4.78, 5) is 20.6. The minimum absolute atomic E-state index is 0.149. The molecule has 0 radical (unpaired) electrons. The van der Waals surface area contributed by atoms with Gasteiger partial charge < -0.3 is 15.6 Å². The zero-order valence-corrected chi connectivity index (χ0v) is 11.2. The summed E-state index contributed by atoms with van der Waals surface area (Å²) in [5, 5.41) is 7.11. The van der Waals surface area contributed by atoms with Gasteiger partial charge in [0, 0.05) is 19.2 Å². The normalized spacial score (nSPS) is 16.6. The summed E-state index contributed by atoms with van der Waals surface area (Å²) in [5.41, 5.74) is 6.19. The van der Waals surface area contributed by atoms with E-state index in [2.05, 4.69) is 25.1 Å². The predicted molar refractivity (Wildman–Crippen MR) is 76.4 cm³/mol. The van der Waals surface area contributed by atoms with E-state index in [1.165, 1.54) is 6.07 Å². The summed E-state index contributed by atoms with van der Waals surface area (Å²) >= 11 is 0. The molecule has 0 aliphatic carbocycles. The molecule has 0 aromatic carbocycles. The number of aromatic amines is 2. The van der Waals surface area contributed by atoms with Crippen molar-refractivity contribution in [2.75, 3.05) is 24.5 Å². The van der Waals surface area contributed by atoms with Crippen molar-refractivity contribution in [1.82, 2.24) is 20.2 Å². The highest BCUT2D eigenvalue weighted by Crippen LogP contribution is 2.21. The second kappa shape index (κ2) is 5.46. The molecule has 0 unspecified atom stereocenters. The van der Waals surface area contributed by atoms with Crippen LogP contribution in [0.4, 0.5) is 5.95 Å². The number of rotatable bonds is 3. The first-order chi connectivity index (χ1) is 9.76. The second-order valence-electron chi connectivity index (χ2n) is 5.08. The molecule has 0 spiro atoms. The molecule has 0 saturated carbocycles. The number of H-pyrrole nitrogens is 2. The quantitative estimate of drug-likeness (QED) is 0.748. The first-order valence-corrected chi connectivity index (χ1v) is 6.83. The maximum Gasteiger partial charge on any atom is 0.248 e. The number of hydrogen-bond donors (Lipinski definition) is 3. The number of aromatic nitrogens is 4. The van der Waals surface area contributed by atoms with Crippen LogP contribution in [0.5, 0.6) is 0 Å². The molecule has 0 atom stereocenters. The fourth-order valence-corrected chi connectivity index (χ4v) is 2.47. The second-order valence-corrected chi connectivity index (χ2v) is 5.08. The third-order valence-electron chi connectivity index (χ3n) is 3.73. The van der Waals surface area contributed by atoms with Crippen LogP contribution in [0.15, 0.2) is 23.0 Å². The van der Waals surface area contributed by atoms with Crippen LogP contribution in [0.25, 0.3) is 11.5 Å². The fraction of sp³-hybridized carbons (Fsp3) is 0.462. The van der Waals surface area contributed by atoms with E-state index < -0.39 is 0 Å². The van der Waals surface area contributed by atoms with Gasteiger partial charge in [-0.25, -0.2) is 0 Å². The highest BCUT2D eigenvalue weighted by Gasteiger charge is 2.21. The number of nitrogens with one attached hydrogen (secondary N) is 2. The highest BCUT2D eigenvalue weighted by molar-refractivity contribution is 5.50. The van der Waals surface area contributed by atoms with Crippen LogP contribution in [-0.4, -0.2) is 39.8 Å². The molecule has 3 rings (SSSR count). The topological polar surface area (TPSA) is 104 Å². The molecule has 7 nitrogen and oxygen atoms in total. The fourth-order valence-electron chi connectivity index (χ4n) is 2.47. The van der Waals surface area contributed by atoms with Gasteiger partial charge >= 0.3 is 0 Å². The molecule has 1 saturated heterocycles. The Morgan fingerprint density at radius 1 is 1.35 bits per heavy atom. The molecule has 1 aliphatic rings. The van der Waals surface area contributed by atoms with E-state index in [1.807, 2.05) is 0 Å². The van der Waals surface area contributed by atoms with E-state index >= 15 is 0 Å². The molecule has 20 heavy (non-hydrogen) atoms. The maximum atomic E-state index is 11.3. The van der Waals surface area contributed by atoms with Gasteiger partial charge in [-0.05, 0) is 31.4 Å². The Balaban J connectivity index is 1.76. The summed E-state index contributed by atoms with van der Waals surface area (Å²) in [5.74, 6) is 1.87. The van der Waals surface area contributed by atoms with Gasteiger partial charge in [-0.1, -0.05) is 6.07 Å². The van der Waals surface area contributed by atoms with Crippen LogP contribution < -0.4 is 16.2 Å². The molecule has 1 aliphatic heterocycles. The molecular formula is C13H18N6O. The third kappa shape index (κ3) is 2.57. The van der Waals surface area contributed by atoms with Crippen molar-refractivity contribution in [1.29, 1.82) is 0 Å². The number of hydrogen-bond acceptors (Lipinski definition) is 5. The smallest absolute Gasteiger partial charge is 0.248 e. The standard InChI is InChI=1S/C13H18N6O/c14-8-9-4-6-19(7-5-9)13-16-12(17-18-13)10-2-1-3-11(20)15-10/h1-3,9H,4-8,14H2,(H,15,20)(H,16,17,18). The van der Waals surface area contributed by atoms with Crippen LogP contribution >= 0.6 is 0 Å². The summed E-state index contributed by atoms with van der Waals surface area (Å²) in [6.07, 6.45) is 2.14. The molecule has 4 N–H and O–H groups in total. The third-order valence-corrected chi connectivity index (χ3v) is 3.73. The van der Waals surface area contributed by atoms with Crippen LogP contribution in [0, 0.1) is 5.92 Å². The lowest BCUT2D eigenvalue weighted by Gasteiger charge is -2.30. The largest absolute Gasteiger partial charge is 0.340 e. The lowest BCUT2D eigenvalue weighted by Crippen LogP contribution is -2.36. The zero-order chi connectivity index (χ0) is 13.9. The first-order valence-electron chi connectivity index (χ1n) is 6.83. The van der Waals surface area contributed by atoms with Crippen molar-refractivity contribution in [3.05, 3.63) is 28.6 Å². The van der Waals surface area contributed by atoms with Crippen LogP contribution in [-0.2, 0) is 0 Å². The zero-order valence-electron chi connectivity index (χ0n) is 11.2. The van der Waals surface area contributed by atoms with E-state index in [1.54, 1.807) is 12.1 Å². The number of pyridine rings is 1. The average Bonchev–Trinajstić information content (AvgIpc) is 2.97. The Bertz CT molecular complexity index is 626. The van der Waals surface area contributed by atoms with Crippen LogP contribution in [0.3, 0.4) is 0 Å². The van der Waals surface area contributed by atoms with Gasteiger partial charge in [0.1, 0.15) is 0 Å². The minimum Gasteiger partial charge on any atom is -0.340 e. The lowest BCUT2D eigenvalue weighted by atomic mass is 9.97. The Hall–Kier alpha value is -2.15. The van der Waals surface area contributed by atoms with Crippen molar-refractivity contribution in [2.24, 2.45) is 11.7 Å². The molecule has 106 valence electrons. The molecule has 0 bridgehead atoms. The molecule has 2 aromatic rings. The highest BCUT2D eigenvalue weighted by atomic mass is 16.1. The monoisotopic (exact) mass is 274 g/mol. The van der Waals surface area contributed by atoms with Crippen molar-refractivity contribution < 1.29 is 0 Å². The molecule has 3 heterocycles. The SMILES string of the molecule is NCC1CCN(c2n[nH]c(-c3cccc(=O)[nH]3)n2)CC1. The molecular weight excluding hydrogens is 256 g/mol. The molecule has 7 heteroatoms. The number of nitrogens with two attached hydrogens (primary N) is 1. The Morgan fingerprint density at radius 3 is 2.85 bits per heavy atom. The number of piperidine rings is 1. The summed E-state index contributed by atoms with van der Waals surface area (Å²) in [7, 11) is 0.